The zero-order valence-electron chi connectivity index (χ0n) is 11.2. The van der Waals surface area contributed by atoms with Gasteiger partial charge in [-0.1, -0.05) is 17.3 Å². The summed E-state index contributed by atoms with van der Waals surface area (Å²) in [5.41, 5.74) is 6.58. The standard InChI is InChI=1S/C14H19N3O3/c15-13(16-20)10-4-6-11(7-5-10)14(19)17(8-9-18)12-2-1-3-12/h4-7,12,18,20H,1-3,8-9H2,(H2,15,16). The van der Waals surface area contributed by atoms with E-state index in [1.807, 2.05) is 0 Å². The summed E-state index contributed by atoms with van der Waals surface area (Å²) in [7, 11) is 0. The molecular formula is C14H19N3O3. The Hall–Kier alpha value is -2.08. The van der Waals surface area contributed by atoms with Crippen molar-refractivity contribution in [3.05, 3.63) is 35.4 Å². The van der Waals surface area contributed by atoms with E-state index in [-0.39, 0.29) is 24.4 Å². The van der Waals surface area contributed by atoms with E-state index in [9.17, 15) is 4.79 Å². The Morgan fingerprint density at radius 3 is 2.35 bits per heavy atom. The van der Waals surface area contributed by atoms with Crippen molar-refractivity contribution < 1.29 is 15.1 Å². The van der Waals surface area contributed by atoms with Crippen molar-refractivity contribution in [3.63, 3.8) is 0 Å². The van der Waals surface area contributed by atoms with E-state index >= 15 is 0 Å². The summed E-state index contributed by atoms with van der Waals surface area (Å²) in [4.78, 5) is 14.1. The Morgan fingerprint density at radius 2 is 1.90 bits per heavy atom. The van der Waals surface area contributed by atoms with Gasteiger partial charge in [0.15, 0.2) is 5.84 Å². The number of nitrogens with two attached hydrogens (primary N) is 1. The molecule has 1 aromatic carbocycles. The number of amidine groups is 1. The molecule has 1 aliphatic carbocycles. The Balaban J connectivity index is 2.14. The van der Waals surface area contributed by atoms with Gasteiger partial charge in [0.25, 0.3) is 5.91 Å². The quantitative estimate of drug-likeness (QED) is 0.320. The van der Waals surface area contributed by atoms with E-state index in [0.29, 0.717) is 17.7 Å². The second-order valence-corrected chi connectivity index (χ2v) is 4.87. The van der Waals surface area contributed by atoms with Crippen molar-refractivity contribution in [2.75, 3.05) is 13.2 Å². The summed E-state index contributed by atoms with van der Waals surface area (Å²) in [5, 5.41) is 20.6. The summed E-state index contributed by atoms with van der Waals surface area (Å²) in [5.74, 6) is -0.0787. The Kier molecular flexibility index (Phi) is 4.57. The first kappa shape index (κ1) is 14.3. The summed E-state index contributed by atoms with van der Waals surface area (Å²) in [6, 6.07) is 6.82. The first-order chi connectivity index (χ1) is 9.67. The normalized spacial score (nSPS) is 15.8. The molecule has 2 rings (SSSR count). The highest BCUT2D eigenvalue weighted by Crippen LogP contribution is 2.26. The Labute approximate surface area is 117 Å². The van der Waals surface area contributed by atoms with Crippen molar-refractivity contribution in [1.29, 1.82) is 0 Å². The monoisotopic (exact) mass is 277 g/mol. The number of nitrogens with zero attached hydrogens (tertiary/aromatic N) is 2. The molecule has 0 spiro atoms. The van der Waals surface area contributed by atoms with Gasteiger partial charge in [0.1, 0.15) is 0 Å². The fourth-order valence-corrected chi connectivity index (χ4v) is 2.26. The molecule has 20 heavy (non-hydrogen) atoms. The molecule has 1 aromatic rings. The minimum atomic E-state index is -0.0881. The van der Waals surface area contributed by atoms with Crippen LogP contribution in [-0.2, 0) is 0 Å². The second kappa shape index (κ2) is 6.38. The number of carbonyl (C=O) groups is 1. The van der Waals surface area contributed by atoms with Gasteiger partial charge in [-0.25, -0.2) is 0 Å². The third-order valence-corrected chi connectivity index (χ3v) is 3.65. The SMILES string of the molecule is N/C(=N/O)c1ccc(C(=O)N(CCO)C2CCC2)cc1. The van der Waals surface area contributed by atoms with Crippen LogP contribution in [-0.4, -0.2) is 46.1 Å². The van der Waals surface area contributed by atoms with Gasteiger partial charge in [-0.3, -0.25) is 4.79 Å². The van der Waals surface area contributed by atoms with Crippen LogP contribution >= 0.6 is 0 Å². The average molecular weight is 277 g/mol. The number of aliphatic hydroxyl groups is 1. The maximum atomic E-state index is 12.4. The van der Waals surface area contributed by atoms with Crippen LogP contribution in [0.15, 0.2) is 29.4 Å². The molecule has 1 aliphatic rings. The highest BCUT2D eigenvalue weighted by molar-refractivity contribution is 5.99. The summed E-state index contributed by atoms with van der Waals surface area (Å²) < 4.78 is 0. The van der Waals surface area contributed by atoms with Crippen molar-refractivity contribution in [2.45, 2.75) is 25.3 Å². The van der Waals surface area contributed by atoms with E-state index in [1.54, 1.807) is 29.2 Å². The molecule has 0 heterocycles. The van der Waals surface area contributed by atoms with E-state index < -0.39 is 0 Å². The van der Waals surface area contributed by atoms with Crippen molar-refractivity contribution in [3.8, 4) is 0 Å². The van der Waals surface area contributed by atoms with Crippen LogP contribution in [0.4, 0.5) is 0 Å². The van der Waals surface area contributed by atoms with Crippen LogP contribution in [0.25, 0.3) is 0 Å². The van der Waals surface area contributed by atoms with Crippen molar-refractivity contribution >= 4 is 11.7 Å². The smallest absolute Gasteiger partial charge is 0.254 e. The van der Waals surface area contributed by atoms with Gasteiger partial charge in [-0.2, -0.15) is 0 Å². The fourth-order valence-electron chi connectivity index (χ4n) is 2.26. The van der Waals surface area contributed by atoms with Gasteiger partial charge in [0, 0.05) is 23.7 Å². The molecule has 1 saturated carbocycles. The van der Waals surface area contributed by atoms with Crippen LogP contribution in [0, 0.1) is 0 Å². The number of hydrogen-bond donors (Lipinski definition) is 3. The van der Waals surface area contributed by atoms with Gasteiger partial charge in [0.05, 0.1) is 6.61 Å². The van der Waals surface area contributed by atoms with Crippen LogP contribution in [0.2, 0.25) is 0 Å². The average Bonchev–Trinajstić information content (AvgIpc) is 2.43. The molecule has 0 aromatic heterocycles. The van der Waals surface area contributed by atoms with E-state index in [0.717, 1.165) is 19.3 Å². The molecule has 108 valence electrons. The molecular weight excluding hydrogens is 258 g/mol. The minimum absolute atomic E-state index is 0.00945. The number of carbonyl (C=O) groups excluding carboxylic acids is 1. The highest BCUT2D eigenvalue weighted by Gasteiger charge is 2.28. The maximum Gasteiger partial charge on any atom is 0.254 e. The summed E-state index contributed by atoms with van der Waals surface area (Å²) in [6.07, 6.45) is 3.12. The lowest BCUT2D eigenvalue weighted by molar-refractivity contribution is 0.0526. The Bertz CT molecular complexity index is 495. The number of rotatable bonds is 5. The lowest BCUT2D eigenvalue weighted by atomic mass is 9.91. The third kappa shape index (κ3) is 2.91. The van der Waals surface area contributed by atoms with Crippen LogP contribution < -0.4 is 5.73 Å². The number of benzene rings is 1. The molecule has 0 atom stereocenters. The topological polar surface area (TPSA) is 99.2 Å². The lowest BCUT2D eigenvalue weighted by Gasteiger charge is -2.37. The van der Waals surface area contributed by atoms with Crippen molar-refractivity contribution in [2.24, 2.45) is 10.9 Å². The first-order valence-corrected chi connectivity index (χ1v) is 6.67. The molecule has 0 radical (unpaired) electrons. The van der Waals surface area contributed by atoms with E-state index in [4.69, 9.17) is 16.0 Å². The molecule has 0 bridgehead atoms. The van der Waals surface area contributed by atoms with Gasteiger partial charge in [-0.15, -0.1) is 0 Å². The van der Waals surface area contributed by atoms with E-state index in [1.165, 1.54) is 0 Å². The fraction of sp³-hybridized carbons (Fsp3) is 0.429. The highest BCUT2D eigenvalue weighted by atomic mass is 16.4. The van der Waals surface area contributed by atoms with Gasteiger partial charge in [-0.05, 0) is 31.4 Å². The minimum Gasteiger partial charge on any atom is -0.409 e. The molecule has 1 amide bonds. The van der Waals surface area contributed by atoms with E-state index in [2.05, 4.69) is 5.16 Å². The van der Waals surface area contributed by atoms with Crippen molar-refractivity contribution in [1.82, 2.24) is 4.90 Å². The predicted octanol–water partition coefficient (Wildman–Crippen LogP) is 0.768. The summed E-state index contributed by atoms with van der Waals surface area (Å²) in [6.45, 7) is 0.315. The first-order valence-electron chi connectivity index (χ1n) is 6.67. The number of oxime groups is 1. The molecule has 6 nitrogen and oxygen atoms in total. The Morgan fingerprint density at radius 1 is 1.30 bits per heavy atom. The molecule has 0 unspecified atom stereocenters. The number of amides is 1. The van der Waals surface area contributed by atoms with Gasteiger partial charge in [0.2, 0.25) is 0 Å². The van der Waals surface area contributed by atoms with Gasteiger partial charge >= 0.3 is 0 Å². The molecule has 6 heteroatoms. The molecule has 1 fully saturated rings. The molecule has 0 saturated heterocycles. The zero-order valence-corrected chi connectivity index (χ0v) is 11.2. The van der Waals surface area contributed by atoms with Crippen LogP contribution in [0.1, 0.15) is 35.2 Å². The third-order valence-electron chi connectivity index (χ3n) is 3.65. The molecule has 0 aliphatic heterocycles. The predicted molar refractivity (Wildman–Crippen MR) is 74.7 cm³/mol. The largest absolute Gasteiger partial charge is 0.409 e. The number of hydrogen-bond acceptors (Lipinski definition) is 4. The summed E-state index contributed by atoms with van der Waals surface area (Å²) >= 11 is 0. The van der Waals surface area contributed by atoms with Gasteiger partial charge < -0.3 is 20.9 Å². The maximum absolute atomic E-state index is 12.4. The van der Waals surface area contributed by atoms with Crippen LogP contribution in [0.5, 0.6) is 0 Å². The zero-order chi connectivity index (χ0) is 14.5. The van der Waals surface area contributed by atoms with Crippen LogP contribution in [0.3, 0.4) is 0 Å². The number of aliphatic hydroxyl groups excluding tert-OH is 1. The second-order valence-electron chi connectivity index (χ2n) is 4.87. The lowest BCUT2D eigenvalue weighted by Crippen LogP contribution is -2.45. The molecule has 4 N–H and O–H groups in total.